The summed E-state index contributed by atoms with van der Waals surface area (Å²) in [6, 6.07) is 7.04. The van der Waals surface area contributed by atoms with Crippen LogP contribution in [0.15, 0.2) is 29.4 Å². The van der Waals surface area contributed by atoms with Crippen LogP contribution in [0.4, 0.5) is 13.2 Å². The largest absolute Gasteiger partial charge is 0.497 e. The molecule has 21 heavy (non-hydrogen) atoms. The Morgan fingerprint density at radius 3 is 2.67 bits per heavy atom. The van der Waals surface area contributed by atoms with Gasteiger partial charge in [-0.1, -0.05) is 5.16 Å². The van der Waals surface area contributed by atoms with Crippen molar-refractivity contribution >= 4 is 11.6 Å². The van der Waals surface area contributed by atoms with Crippen LogP contribution in [0.1, 0.15) is 12.0 Å². The second-order valence-electron chi connectivity index (χ2n) is 4.41. The lowest BCUT2D eigenvalue weighted by Crippen LogP contribution is -2.40. The molecule has 8 heteroatoms. The van der Waals surface area contributed by atoms with Crippen LogP contribution >= 0.6 is 0 Å². The van der Waals surface area contributed by atoms with Crippen LogP contribution in [0.25, 0.3) is 0 Å². The molecule has 1 aliphatic rings. The molecule has 1 atom stereocenters. The van der Waals surface area contributed by atoms with Gasteiger partial charge in [0.1, 0.15) is 11.9 Å². The molecule has 1 aromatic carbocycles. The van der Waals surface area contributed by atoms with E-state index in [0.29, 0.717) is 17.9 Å². The van der Waals surface area contributed by atoms with Crippen molar-refractivity contribution in [1.29, 1.82) is 0 Å². The number of methoxy groups -OCH3 is 1. The predicted octanol–water partition coefficient (Wildman–Crippen LogP) is 1.87. The maximum atomic E-state index is 12.0. The molecule has 0 saturated carbocycles. The highest BCUT2D eigenvalue weighted by molar-refractivity contribution is 6.01. The SMILES string of the molecule is COc1ccc(C2=NOC(CNC(=O)C(F)(F)F)C2)cc1. The number of alkyl halides is 3. The topological polar surface area (TPSA) is 59.9 Å². The Morgan fingerprint density at radius 2 is 2.10 bits per heavy atom. The summed E-state index contributed by atoms with van der Waals surface area (Å²) >= 11 is 0. The molecule has 2 rings (SSSR count). The Hall–Kier alpha value is -2.25. The lowest BCUT2D eigenvalue weighted by Gasteiger charge is -2.11. The molecule has 1 aromatic rings. The van der Waals surface area contributed by atoms with Crippen LogP contribution in [0.3, 0.4) is 0 Å². The van der Waals surface area contributed by atoms with Crippen LogP contribution in [-0.4, -0.2) is 37.6 Å². The first kappa shape index (κ1) is 15.1. The first-order valence-electron chi connectivity index (χ1n) is 6.12. The molecular formula is C13H13F3N2O3. The van der Waals surface area contributed by atoms with Crippen molar-refractivity contribution < 1.29 is 27.5 Å². The number of hydrogen-bond acceptors (Lipinski definition) is 4. The number of rotatable bonds is 4. The molecule has 0 saturated heterocycles. The van der Waals surface area contributed by atoms with E-state index < -0.39 is 18.2 Å². The van der Waals surface area contributed by atoms with Crippen LogP contribution in [-0.2, 0) is 9.63 Å². The van der Waals surface area contributed by atoms with Gasteiger partial charge in [-0.15, -0.1) is 0 Å². The molecule has 0 fully saturated rings. The third-order valence-corrected chi connectivity index (χ3v) is 2.90. The number of carbonyl (C=O) groups is 1. The van der Waals surface area contributed by atoms with Gasteiger partial charge in [0.05, 0.1) is 19.4 Å². The van der Waals surface area contributed by atoms with E-state index in [9.17, 15) is 18.0 Å². The molecule has 1 unspecified atom stereocenters. The van der Waals surface area contributed by atoms with E-state index in [-0.39, 0.29) is 6.54 Å². The molecule has 0 aliphatic carbocycles. The van der Waals surface area contributed by atoms with Crippen molar-refractivity contribution in [3.63, 3.8) is 0 Å². The Bertz CT molecular complexity index is 541. The van der Waals surface area contributed by atoms with E-state index in [2.05, 4.69) is 5.16 Å². The van der Waals surface area contributed by atoms with Crippen LogP contribution in [0, 0.1) is 0 Å². The number of oxime groups is 1. The maximum absolute atomic E-state index is 12.0. The smallest absolute Gasteiger partial charge is 0.471 e. The second-order valence-corrected chi connectivity index (χ2v) is 4.41. The summed E-state index contributed by atoms with van der Waals surface area (Å²) in [5, 5.41) is 5.60. The monoisotopic (exact) mass is 302 g/mol. The van der Waals surface area contributed by atoms with Crippen LogP contribution in [0.2, 0.25) is 0 Å². The zero-order valence-corrected chi connectivity index (χ0v) is 11.1. The van der Waals surface area contributed by atoms with Crippen molar-refractivity contribution in [2.24, 2.45) is 5.16 Å². The van der Waals surface area contributed by atoms with Gasteiger partial charge in [-0.25, -0.2) is 0 Å². The average molecular weight is 302 g/mol. The van der Waals surface area contributed by atoms with Crippen molar-refractivity contribution in [3.8, 4) is 5.75 Å². The van der Waals surface area contributed by atoms with Gasteiger partial charge in [0.25, 0.3) is 0 Å². The molecule has 5 nitrogen and oxygen atoms in total. The molecule has 114 valence electrons. The Balaban J connectivity index is 1.86. The number of nitrogens with zero attached hydrogens (tertiary/aromatic N) is 1. The van der Waals surface area contributed by atoms with Crippen molar-refractivity contribution in [3.05, 3.63) is 29.8 Å². The minimum Gasteiger partial charge on any atom is -0.497 e. The van der Waals surface area contributed by atoms with Gasteiger partial charge in [-0.05, 0) is 29.8 Å². The van der Waals surface area contributed by atoms with Crippen molar-refractivity contribution in [2.75, 3.05) is 13.7 Å². The molecule has 0 spiro atoms. The Labute approximate surface area is 118 Å². The van der Waals surface area contributed by atoms with E-state index in [1.54, 1.807) is 36.7 Å². The van der Waals surface area contributed by atoms with Gasteiger partial charge >= 0.3 is 12.1 Å². The fourth-order valence-electron chi connectivity index (χ4n) is 1.80. The average Bonchev–Trinajstić information content (AvgIpc) is 2.92. The molecular weight excluding hydrogens is 289 g/mol. The Kier molecular flexibility index (Phi) is 4.35. The van der Waals surface area contributed by atoms with E-state index in [1.807, 2.05) is 0 Å². The summed E-state index contributed by atoms with van der Waals surface area (Å²) in [5.74, 6) is -1.30. The number of nitrogens with one attached hydrogen (secondary N) is 1. The molecule has 1 amide bonds. The summed E-state index contributed by atoms with van der Waals surface area (Å²) in [4.78, 5) is 15.7. The fourth-order valence-corrected chi connectivity index (χ4v) is 1.80. The second kappa shape index (κ2) is 6.02. The lowest BCUT2D eigenvalue weighted by molar-refractivity contribution is -0.174. The van der Waals surface area contributed by atoms with E-state index >= 15 is 0 Å². The molecule has 1 N–H and O–H groups in total. The summed E-state index contributed by atoms with van der Waals surface area (Å²) in [6.45, 7) is -0.249. The first-order chi connectivity index (χ1) is 9.90. The van der Waals surface area contributed by atoms with Gasteiger partial charge in [0.2, 0.25) is 0 Å². The van der Waals surface area contributed by atoms with Gasteiger partial charge in [-0.3, -0.25) is 4.79 Å². The summed E-state index contributed by atoms with van der Waals surface area (Å²) in [7, 11) is 1.55. The highest BCUT2D eigenvalue weighted by Crippen LogP contribution is 2.19. The number of benzene rings is 1. The Morgan fingerprint density at radius 1 is 1.43 bits per heavy atom. The van der Waals surface area contributed by atoms with E-state index in [1.165, 1.54) is 0 Å². The highest BCUT2D eigenvalue weighted by Gasteiger charge is 2.39. The van der Waals surface area contributed by atoms with E-state index in [0.717, 1.165) is 5.56 Å². The maximum Gasteiger partial charge on any atom is 0.471 e. The van der Waals surface area contributed by atoms with Gasteiger partial charge < -0.3 is 14.9 Å². The van der Waals surface area contributed by atoms with Gasteiger partial charge in [0, 0.05) is 6.42 Å². The summed E-state index contributed by atoms with van der Waals surface area (Å²) in [5.41, 5.74) is 1.41. The minimum absolute atomic E-state index is 0.249. The first-order valence-corrected chi connectivity index (χ1v) is 6.12. The fraction of sp³-hybridized carbons (Fsp3) is 0.385. The van der Waals surface area contributed by atoms with Gasteiger partial charge in [0.15, 0.2) is 0 Å². The van der Waals surface area contributed by atoms with Crippen molar-refractivity contribution in [1.82, 2.24) is 5.32 Å². The van der Waals surface area contributed by atoms with E-state index in [4.69, 9.17) is 9.57 Å². The molecule has 1 aliphatic heterocycles. The molecule has 0 bridgehead atoms. The standard InChI is InChI=1S/C13H13F3N2O3/c1-20-9-4-2-8(3-5-9)11-6-10(21-18-11)7-17-12(19)13(14,15)16/h2-5,10H,6-7H2,1H3,(H,17,19). The predicted molar refractivity (Wildman–Crippen MR) is 68.1 cm³/mol. The lowest BCUT2D eigenvalue weighted by atomic mass is 10.0. The molecule has 0 aromatic heterocycles. The van der Waals surface area contributed by atoms with Crippen LogP contribution < -0.4 is 10.1 Å². The molecule has 0 radical (unpaired) electrons. The normalized spacial score (nSPS) is 17.9. The summed E-state index contributed by atoms with van der Waals surface area (Å²) < 4.78 is 41.2. The number of ether oxygens (including phenoxy) is 1. The van der Waals surface area contributed by atoms with Gasteiger partial charge in [-0.2, -0.15) is 13.2 Å². The number of carbonyl (C=O) groups excluding carboxylic acids is 1. The number of halogens is 3. The van der Waals surface area contributed by atoms with Crippen LogP contribution in [0.5, 0.6) is 5.75 Å². The highest BCUT2D eigenvalue weighted by atomic mass is 19.4. The number of hydrogen-bond donors (Lipinski definition) is 1. The third-order valence-electron chi connectivity index (χ3n) is 2.90. The zero-order valence-electron chi connectivity index (χ0n) is 11.1. The number of amides is 1. The molecule has 1 heterocycles. The third kappa shape index (κ3) is 3.87. The quantitative estimate of drug-likeness (QED) is 0.923. The zero-order chi connectivity index (χ0) is 15.5. The minimum atomic E-state index is -4.89. The van der Waals surface area contributed by atoms with Crippen molar-refractivity contribution in [2.45, 2.75) is 18.7 Å². The summed E-state index contributed by atoms with van der Waals surface area (Å²) in [6.07, 6.45) is -5.17.